The van der Waals surface area contributed by atoms with Crippen molar-refractivity contribution in [3.05, 3.63) is 0 Å². The second kappa shape index (κ2) is 47.7. The minimum absolute atomic E-state index is 0. The van der Waals surface area contributed by atoms with Crippen molar-refractivity contribution in [2.45, 2.75) is 0 Å². The van der Waals surface area contributed by atoms with Crippen molar-refractivity contribution in [2.75, 3.05) is 0 Å². The van der Waals surface area contributed by atoms with Gasteiger partial charge in [0.1, 0.15) is 0 Å². The first-order valence-electron chi connectivity index (χ1n) is 4.81. The van der Waals surface area contributed by atoms with E-state index in [1.165, 1.54) is 0 Å². The van der Waals surface area contributed by atoms with E-state index < -0.39 is 110 Å². The normalized spacial score (nSPS) is 9.23. The van der Waals surface area contributed by atoms with Gasteiger partial charge >= 0.3 is 343 Å². The van der Waals surface area contributed by atoms with Crippen LogP contribution in [0.4, 0.5) is 18.6 Å². The molecule has 0 radical (unpaired) electrons. The van der Waals surface area contributed by atoms with E-state index in [9.17, 15) is 18.6 Å². The Kier molecular flexibility index (Phi) is 119. The van der Waals surface area contributed by atoms with Crippen LogP contribution in [0.15, 0.2) is 0 Å². The molecule has 0 unspecified atom stereocenters. The van der Waals surface area contributed by atoms with E-state index in [2.05, 4.69) is 0 Å². The molecule has 39 heteroatoms. The van der Waals surface area contributed by atoms with Crippen molar-refractivity contribution >= 4 is 0 Å². The predicted molar refractivity (Wildman–Crippen MR) is 6.65 cm³/mol. The molecule has 0 aromatic rings. The molecule has 0 aromatic heterocycles. The minimum atomic E-state index is -6.25. The molecule has 0 rings (SSSR count). The second-order valence-electron chi connectivity index (χ2n) is 2.89. The van der Waals surface area contributed by atoms with E-state index in [0.717, 1.165) is 0 Å². The predicted octanol–water partition coefficient (Wildman–Crippen LogP) is -18.9. The third-order valence-electron chi connectivity index (χ3n) is 0. The third kappa shape index (κ3) is 1500. The molecule has 0 aliphatic heterocycles. The molecule has 18 nitrogen and oxygen atoms in total. The summed E-state index contributed by atoms with van der Waals surface area (Å²) >= 11 is -37.5. The van der Waals surface area contributed by atoms with E-state index in [-0.39, 0.29) is 148 Å². The standard InChI is InChI=1S/6FH.9Ni.18O.6Ti/h6*1H;;;;;;;;;;;;;;;;;;;;;;;;;;;;;;;;;/q;;;;;;9*+2;18*-1;6*+1/p-6. The zero-order valence-corrected chi connectivity index (χ0v) is 33.7. The Hall–Kier alpha value is 7.59. The molecule has 0 saturated heterocycles. The fourth-order valence-corrected chi connectivity index (χ4v) is 0. The molecule has 0 spiro atoms. The van der Waals surface area contributed by atoms with Crippen molar-refractivity contribution in [2.24, 2.45) is 0 Å². The van der Waals surface area contributed by atoms with Crippen molar-refractivity contribution in [1.82, 2.24) is 0 Å². The molecule has 0 aliphatic rings. The maximum absolute atomic E-state index is 10.2. The zero-order valence-electron chi connectivity index (χ0n) is 15.5. The van der Waals surface area contributed by atoms with Crippen LogP contribution in [-0.4, -0.2) is 0 Å². The van der Waals surface area contributed by atoms with Gasteiger partial charge in [-0.2, -0.15) is 0 Å². The van der Waals surface area contributed by atoms with Gasteiger partial charge in [-0.25, -0.2) is 0 Å². The van der Waals surface area contributed by atoms with Crippen molar-refractivity contribution in [3.8, 4) is 0 Å². The summed E-state index contributed by atoms with van der Waals surface area (Å²) in [5, 5.41) is 0. The number of rotatable bonds is 0. The summed E-state index contributed by atoms with van der Waals surface area (Å²) in [6.45, 7) is 0. The summed E-state index contributed by atoms with van der Waals surface area (Å²) < 4.78 is 214. The topological polar surface area (TPSA) is 415 Å². The molecule has 0 N–H and O–H groups in total. The fourth-order valence-electron chi connectivity index (χ4n) is 0. The first-order valence-corrected chi connectivity index (χ1v) is 19.8. The summed E-state index contributed by atoms with van der Waals surface area (Å²) in [7, 11) is 0. The summed E-state index contributed by atoms with van der Waals surface area (Å²) in [6.07, 6.45) is 0. The average molecular weight is 1220 g/mol. The average Bonchev–Trinajstić information content (AvgIpc) is 1.94. The van der Waals surface area contributed by atoms with Gasteiger partial charge in [0.25, 0.3) is 0 Å². The van der Waals surface area contributed by atoms with Gasteiger partial charge in [-0.1, -0.05) is 0 Å². The van der Waals surface area contributed by atoms with E-state index in [0.29, 0.717) is 0 Å². The number of hydrogen-bond acceptors (Lipinski definition) is 18. The van der Waals surface area contributed by atoms with Crippen LogP contribution in [-0.2, 0) is 258 Å². The van der Waals surface area contributed by atoms with Crippen LogP contribution in [0.2, 0.25) is 0 Å². The van der Waals surface area contributed by atoms with Gasteiger partial charge in [-0.3, -0.25) is 0 Å². The van der Waals surface area contributed by atoms with Gasteiger partial charge in [-0.15, -0.1) is 0 Å². The Morgan fingerprint density at radius 1 is 0.179 bits per heavy atom. The van der Waals surface area contributed by atoms with Crippen LogP contribution in [0.5, 0.6) is 0 Å². The van der Waals surface area contributed by atoms with Crippen LogP contribution < -0.4 is 66.4 Å². The molecule has 0 saturated carbocycles. The molecule has 0 amide bonds. The van der Waals surface area contributed by atoms with Crippen LogP contribution >= 0.6 is 0 Å². The summed E-state index contributed by atoms with van der Waals surface area (Å²) in [6, 6.07) is 0. The first-order chi connectivity index (χ1) is 12.0. The Labute approximate surface area is 336 Å². The Bertz CT molecular complexity index is 258. The van der Waals surface area contributed by atoms with E-state index in [4.69, 9.17) is 66.4 Å². The second-order valence-corrected chi connectivity index (χ2v) is 11.9. The van der Waals surface area contributed by atoms with Gasteiger partial charge < -0.3 is 0 Å². The number of halogens is 6. The Balaban J connectivity index is -0.0000000130. The van der Waals surface area contributed by atoms with Crippen LogP contribution in [0.3, 0.4) is 0 Å². The van der Waals surface area contributed by atoms with Gasteiger partial charge in [0.05, 0.1) is 0 Å². The Morgan fingerprint density at radius 2 is 0.179 bits per heavy atom. The molecular weight excluding hydrogens is 1220 g/mol. The molecule has 0 aromatic carbocycles. The quantitative estimate of drug-likeness (QED) is 0.161. The van der Waals surface area contributed by atoms with E-state index >= 15 is 0 Å². The summed E-state index contributed by atoms with van der Waals surface area (Å²) in [5.41, 5.74) is 0. The Morgan fingerprint density at radius 3 is 0.179 bits per heavy atom. The molecule has 264 valence electrons. The van der Waals surface area contributed by atoms with Gasteiger partial charge in [-0.05, 0) is 0 Å². The van der Waals surface area contributed by atoms with Crippen LogP contribution in [0.1, 0.15) is 0 Å². The van der Waals surface area contributed by atoms with E-state index in [1.54, 1.807) is 0 Å². The summed E-state index contributed by atoms with van der Waals surface area (Å²) in [5.74, 6) is 0. The number of hydrogen-bond donors (Lipinski definition) is 0. The van der Waals surface area contributed by atoms with Crippen molar-refractivity contribution < 1.29 is 343 Å². The fraction of sp³-hybridized carbons (Fsp3) is 0. The maximum atomic E-state index is 10.2. The SMILES string of the molecule is [Ni+2].[Ni+2].[Ni+2].[Ni+2].[Ni+2].[Ni+2].[Ni+2].[Ni+2].[Ni+2].[O-][Ti]([O-])([O-])[F].[O-][Ti]([O-])([O-])[F].[O-][Ti]([O-])([O-])[F].[O-][Ti]([O-])([O-])[F].[O-][Ti]([O-])([O-])[F].[O-][Ti]([O-])([O-])[F]. The van der Waals surface area contributed by atoms with Crippen LogP contribution in [0.25, 0.3) is 0 Å². The van der Waals surface area contributed by atoms with Crippen LogP contribution in [0, 0.1) is 0 Å². The molecule has 0 fully saturated rings. The molecule has 0 bridgehead atoms. The molecule has 0 heterocycles. The van der Waals surface area contributed by atoms with Gasteiger partial charge in [0.15, 0.2) is 0 Å². The van der Waals surface area contributed by atoms with Gasteiger partial charge in [0.2, 0.25) is 0 Å². The van der Waals surface area contributed by atoms with E-state index in [1.807, 2.05) is 0 Å². The molecule has 0 aliphatic carbocycles. The van der Waals surface area contributed by atoms with Crippen molar-refractivity contribution in [3.63, 3.8) is 0 Å². The zero-order chi connectivity index (χ0) is 27.0. The summed E-state index contributed by atoms with van der Waals surface area (Å²) in [4.78, 5) is 0. The molecule has 39 heavy (non-hydrogen) atoms. The third-order valence-corrected chi connectivity index (χ3v) is 0. The molecular formula is F6Ni9O18Ti6. The van der Waals surface area contributed by atoms with Crippen molar-refractivity contribution in [1.29, 1.82) is 0 Å². The van der Waals surface area contributed by atoms with Gasteiger partial charge in [0, 0.05) is 0 Å². The molecule has 0 atom stereocenters. The first kappa shape index (κ1) is 97.0. The monoisotopic (exact) mass is 1210 g/mol.